The second kappa shape index (κ2) is 14.1. The number of carbonyl (C=O) groups is 4. The molecule has 0 aromatic heterocycles. The van der Waals surface area contributed by atoms with Crippen LogP contribution < -0.4 is 0 Å². The minimum Gasteiger partial charge on any atom is -0.466 e. The Morgan fingerprint density at radius 2 is 1.29 bits per heavy atom. The lowest BCUT2D eigenvalue weighted by atomic mass is 9.81. The highest BCUT2D eigenvalue weighted by Crippen LogP contribution is 2.27. The van der Waals surface area contributed by atoms with Crippen molar-refractivity contribution >= 4 is 23.7 Å². The van der Waals surface area contributed by atoms with Crippen molar-refractivity contribution in [3.05, 3.63) is 0 Å². The standard InChI is InChI=1S/C20H34O8/c1-5-8-11-26-16(22)14-20(25,19(24)28-13-10-7-3)17(15(4)21)18(23)27-12-9-6-2/h17,25H,5-14H2,1-4H3/t17-,20-/m0/s1. The number of ketones is 1. The highest BCUT2D eigenvalue weighted by molar-refractivity contribution is 6.05. The van der Waals surface area contributed by atoms with Gasteiger partial charge in [-0.25, -0.2) is 4.79 Å². The van der Waals surface area contributed by atoms with E-state index in [1.807, 2.05) is 20.8 Å². The summed E-state index contributed by atoms with van der Waals surface area (Å²) >= 11 is 0. The Morgan fingerprint density at radius 1 is 0.821 bits per heavy atom. The van der Waals surface area contributed by atoms with Gasteiger partial charge in [0.1, 0.15) is 5.78 Å². The average Bonchev–Trinajstić information content (AvgIpc) is 2.61. The lowest BCUT2D eigenvalue weighted by Gasteiger charge is -2.30. The van der Waals surface area contributed by atoms with Crippen molar-refractivity contribution in [2.24, 2.45) is 5.92 Å². The molecule has 0 rings (SSSR count). The van der Waals surface area contributed by atoms with Crippen LogP contribution in [0.15, 0.2) is 0 Å². The lowest BCUT2D eigenvalue weighted by molar-refractivity contribution is -0.187. The van der Waals surface area contributed by atoms with Gasteiger partial charge in [0.25, 0.3) is 0 Å². The molecule has 8 nitrogen and oxygen atoms in total. The number of Topliss-reactive ketones (excluding diaryl/α,β-unsaturated/α-hetero) is 1. The van der Waals surface area contributed by atoms with Crippen LogP contribution in [0.5, 0.6) is 0 Å². The Labute approximate surface area is 166 Å². The molecule has 1 N–H and O–H groups in total. The van der Waals surface area contributed by atoms with Crippen molar-refractivity contribution in [1.82, 2.24) is 0 Å². The smallest absolute Gasteiger partial charge is 0.340 e. The quantitative estimate of drug-likeness (QED) is 0.192. The molecule has 0 amide bonds. The first-order chi connectivity index (χ1) is 13.2. The van der Waals surface area contributed by atoms with E-state index in [1.54, 1.807) is 0 Å². The zero-order valence-corrected chi connectivity index (χ0v) is 17.5. The van der Waals surface area contributed by atoms with Crippen molar-refractivity contribution in [3.8, 4) is 0 Å². The number of unbranched alkanes of at least 4 members (excludes halogenated alkanes) is 3. The van der Waals surface area contributed by atoms with E-state index in [0.29, 0.717) is 19.3 Å². The van der Waals surface area contributed by atoms with Crippen LogP contribution in [0.25, 0.3) is 0 Å². The summed E-state index contributed by atoms with van der Waals surface area (Å²) in [6.07, 6.45) is 3.12. The maximum Gasteiger partial charge on any atom is 0.340 e. The SMILES string of the molecule is CCCCOC(=O)C[C@@](O)(C(=O)OCCCC)[C@@H](C(C)=O)C(=O)OCCCC. The van der Waals surface area contributed by atoms with E-state index in [9.17, 15) is 24.3 Å². The number of aliphatic hydroxyl groups is 1. The summed E-state index contributed by atoms with van der Waals surface area (Å²) in [4.78, 5) is 49.2. The normalized spacial score (nSPS) is 13.9. The van der Waals surface area contributed by atoms with Gasteiger partial charge in [-0.2, -0.15) is 0 Å². The van der Waals surface area contributed by atoms with Crippen LogP contribution in [-0.2, 0) is 33.4 Å². The molecule has 2 atom stereocenters. The van der Waals surface area contributed by atoms with E-state index in [0.717, 1.165) is 26.2 Å². The van der Waals surface area contributed by atoms with Crippen molar-refractivity contribution < 1.29 is 38.5 Å². The predicted octanol–water partition coefficient (Wildman–Crippen LogP) is 2.34. The van der Waals surface area contributed by atoms with Gasteiger partial charge in [-0.15, -0.1) is 0 Å². The summed E-state index contributed by atoms with van der Waals surface area (Å²) < 4.78 is 15.0. The first-order valence-corrected chi connectivity index (χ1v) is 9.96. The molecule has 0 saturated carbocycles. The van der Waals surface area contributed by atoms with E-state index >= 15 is 0 Å². The monoisotopic (exact) mass is 402 g/mol. The van der Waals surface area contributed by atoms with Crippen LogP contribution >= 0.6 is 0 Å². The molecule has 0 heterocycles. The van der Waals surface area contributed by atoms with E-state index in [4.69, 9.17) is 14.2 Å². The van der Waals surface area contributed by atoms with Crippen molar-refractivity contribution in [3.63, 3.8) is 0 Å². The summed E-state index contributed by atoms with van der Waals surface area (Å²) in [5.41, 5.74) is -2.67. The predicted molar refractivity (Wildman–Crippen MR) is 101 cm³/mol. The minimum absolute atomic E-state index is 0.00195. The zero-order chi connectivity index (χ0) is 21.6. The average molecular weight is 402 g/mol. The lowest BCUT2D eigenvalue weighted by Crippen LogP contribution is -2.55. The van der Waals surface area contributed by atoms with Gasteiger partial charge in [0.05, 0.1) is 26.2 Å². The molecule has 0 saturated heterocycles. The highest BCUT2D eigenvalue weighted by atomic mass is 16.6. The van der Waals surface area contributed by atoms with Gasteiger partial charge in [0.2, 0.25) is 0 Å². The Kier molecular flexibility index (Phi) is 13.1. The number of hydrogen-bond donors (Lipinski definition) is 1. The topological polar surface area (TPSA) is 116 Å². The van der Waals surface area contributed by atoms with Crippen molar-refractivity contribution in [2.45, 2.75) is 78.2 Å². The molecule has 0 aliphatic rings. The number of carbonyl (C=O) groups excluding carboxylic acids is 4. The van der Waals surface area contributed by atoms with Crippen LogP contribution in [0.3, 0.4) is 0 Å². The van der Waals surface area contributed by atoms with E-state index < -0.39 is 41.6 Å². The molecule has 0 spiro atoms. The summed E-state index contributed by atoms with van der Waals surface area (Å²) in [5, 5.41) is 11.0. The summed E-state index contributed by atoms with van der Waals surface area (Å²) in [5.74, 6) is -5.82. The van der Waals surface area contributed by atoms with Gasteiger partial charge in [0.15, 0.2) is 11.5 Å². The summed E-state index contributed by atoms with van der Waals surface area (Å²) in [6.45, 7) is 6.89. The molecular formula is C20H34O8. The molecule has 0 bridgehead atoms. The van der Waals surface area contributed by atoms with Gasteiger partial charge in [-0.1, -0.05) is 40.0 Å². The third-order valence-electron chi connectivity index (χ3n) is 4.12. The van der Waals surface area contributed by atoms with Crippen LogP contribution in [0.1, 0.15) is 72.6 Å². The molecule has 0 aromatic carbocycles. The number of hydrogen-bond acceptors (Lipinski definition) is 8. The first-order valence-electron chi connectivity index (χ1n) is 9.96. The third-order valence-corrected chi connectivity index (χ3v) is 4.12. The molecule has 28 heavy (non-hydrogen) atoms. The van der Waals surface area contributed by atoms with Crippen LogP contribution in [0.4, 0.5) is 0 Å². The van der Waals surface area contributed by atoms with Crippen LogP contribution in [-0.4, -0.2) is 54.2 Å². The van der Waals surface area contributed by atoms with Gasteiger partial charge < -0.3 is 19.3 Å². The van der Waals surface area contributed by atoms with E-state index in [-0.39, 0.29) is 19.8 Å². The van der Waals surface area contributed by atoms with Gasteiger partial charge >= 0.3 is 17.9 Å². The Hall–Kier alpha value is -1.96. The summed E-state index contributed by atoms with van der Waals surface area (Å²) in [7, 11) is 0. The molecular weight excluding hydrogens is 368 g/mol. The second-order valence-electron chi connectivity index (χ2n) is 6.73. The van der Waals surface area contributed by atoms with E-state index in [2.05, 4.69) is 0 Å². The molecule has 0 radical (unpaired) electrons. The Balaban J connectivity index is 5.53. The molecule has 0 unspecified atom stereocenters. The second-order valence-corrected chi connectivity index (χ2v) is 6.73. The molecule has 0 aliphatic carbocycles. The van der Waals surface area contributed by atoms with Crippen LogP contribution in [0.2, 0.25) is 0 Å². The molecule has 0 fully saturated rings. The molecule has 0 aromatic rings. The first kappa shape index (κ1) is 26.0. The zero-order valence-electron chi connectivity index (χ0n) is 17.5. The van der Waals surface area contributed by atoms with Gasteiger partial charge in [-0.3, -0.25) is 14.4 Å². The fraction of sp³-hybridized carbons (Fsp3) is 0.800. The maximum atomic E-state index is 12.5. The fourth-order valence-electron chi connectivity index (χ4n) is 2.43. The molecule has 0 aliphatic heterocycles. The number of esters is 3. The minimum atomic E-state index is -2.67. The van der Waals surface area contributed by atoms with Crippen molar-refractivity contribution in [2.75, 3.05) is 19.8 Å². The maximum absolute atomic E-state index is 12.5. The largest absolute Gasteiger partial charge is 0.466 e. The molecule has 162 valence electrons. The number of ether oxygens (including phenoxy) is 3. The van der Waals surface area contributed by atoms with Crippen LogP contribution in [0, 0.1) is 5.92 Å². The third kappa shape index (κ3) is 8.82. The van der Waals surface area contributed by atoms with E-state index in [1.165, 1.54) is 0 Å². The van der Waals surface area contributed by atoms with Gasteiger partial charge in [0, 0.05) is 0 Å². The number of rotatable bonds is 15. The Bertz CT molecular complexity index is 516. The summed E-state index contributed by atoms with van der Waals surface area (Å²) in [6, 6.07) is 0. The fourth-order valence-corrected chi connectivity index (χ4v) is 2.43. The Morgan fingerprint density at radius 3 is 1.75 bits per heavy atom. The van der Waals surface area contributed by atoms with Gasteiger partial charge in [-0.05, 0) is 26.2 Å². The molecule has 8 heteroatoms. The highest BCUT2D eigenvalue weighted by Gasteiger charge is 2.54. The van der Waals surface area contributed by atoms with Crippen molar-refractivity contribution in [1.29, 1.82) is 0 Å².